The van der Waals surface area contributed by atoms with Gasteiger partial charge in [-0.1, -0.05) is 19.1 Å². The molecule has 3 rings (SSSR count). The zero-order chi connectivity index (χ0) is 10.6. The number of fused-ring (bicyclic) bond motifs is 1. The SMILES string of the molecule is CC1CC1N1C(=O)c2ccccc2C1=O. The monoisotopic (exact) mass is 201 g/mol. The molecular formula is C12H11NO2. The van der Waals surface area contributed by atoms with E-state index < -0.39 is 0 Å². The molecule has 2 atom stereocenters. The van der Waals surface area contributed by atoms with Crippen molar-refractivity contribution in [3.63, 3.8) is 0 Å². The Morgan fingerprint density at radius 3 is 2.00 bits per heavy atom. The molecule has 2 amide bonds. The van der Waals surface area contributed by atoms with E-state index in [1.807, 2.05) is 0 Å². The fourth-order valence-corrected chi connectivity index (χ4v) is 2.17. The number of benzene rings is 1. The van der Waals surface area contributed by atoms with Gasteiger partial charge in [0.25, 0.3) is 11.8 Å². The fourth-order valence-electron chi connectivity index (χ4n) is 2.17. The third-order valence-electron chi connectivity index (χ3n) is 3.22. The Morgan fingerprint density at radius 1 is 1.13 bits per heavy atom. The molecule has 76 valence electrons. The van der Waals surface area contributed by atoms with Gasteiger partial charge < -0.3 is 0 Å². The maximum atomic E-state index is 11.9. The second-order valence-corrected chi connectivity index (χ2v) is 4.31. The molecule has 1 aromatic carbocycles. The van der Waals surface area contributed by atoms with Gasteiger partial charge in [0.1, 0.15) is 0 Å². The summed E-state index contributed by atoms with van der Waals surface area (Å²) in [4.78, 5) is 25.3. The second-order valence-electron chi connectivity index (χ2n) is 4.31. The number of carbonyl (C=O) groups is 2. The van der Waals surface area contributed by atoms with E-state index in [9.17, 15) is 9.59 Å². The summed E-state index contributed by atoms with van der Waals surface area (Å²) >= 11 is 0. The van der Waals surface area contributed by atoms with Crippen molar-refractivity contribution in [1.29, 1.82) is 0 Å². The summed E-state index contributed by atoms with van der Waals surface area (Å²) in [6.45, 7) is 2.06. The van der Waals surface area contributed by atoms with Gasteiger partial charge in [-0.3, -0.25) is 14.5 Å². The number of hydrogen-bond acceptors (Lipinski definition) is 2. The van der Waals surface area contributed by atoms with E-state index in [0.717, 1.165) is 6.42 Å². The molecular weight excluding hydrogens is 190 g/mol. The van der Waals surface area contributed by atoms with Gasteiger partial charge in [0.05, 0.1) is 11.1 Å². The molecule has 0 spiro atoms. The van der Waals surface area contributed by atoms with Crippen LogP contribution >= 0.6 is 0 Å². The average molecular weight is 201 g/mol. The Kier molecular flexibility index (Phi) is 1.55. The van der Waals surface area contributed by atoms with E-state index in [4.69, 9.17) is 0 Å². The van der Waals surface area contributed by atoms with Crippen LogP contribution in [0.2, 0.25) is 0 Å². The van der Waals surface area contributed by atoms with Crippen LogP contribution in [0.4, 0.5) is 0 Å². The molecule has 0 bridgehead atoms. The smallest absolute Gasteiger partial charge is 0.261 e. The minimum atomic E-state index is -0.120. The molecule has 1 aliphatic heterocycles. The lowest BCUT2D eigenvalue weighted by atomic mass is 10.1. The first kappa shape index (κ1) is 8.65. The summed E-state index contributed by atoms with van der Waals surface area (Å²) in [6.07, 6.45) is 0.950. The molecule has 15 heavy (non-hydrogen) atoms. The van der Waals surface area contributed by atoms with Crippen LogP contribution in [-0.2, 0) is 0 Å². The molecule has 1 heterocycles. The van der Waals surface area contributed by atoms with E-state index in [0.29, 0.717) is 17.0 Å². The first-order valence-corrected chi connectivity index (χ1v) is 5.17. The van der Waals surface area contributed by atoms with Gasteiger partial charge in [0.2, 0.25) is 0 Å². The zero-order valence-corrected chi connectivity index (χ0v) is 8.43. The van der Waals surface area contributed by atoms with Crippen LogP contribution < -0.4 is 0 Å². The lowest BCUT2D eigenvalue weighted by molar-refractivity contribution is 0.0635. The molecule has 3 heteroatoms. The molecule has 0 N–H and O–H groups in total. The fraction of sp³-hybridized carbons (Fsp3) is 0.333. The lowest BCUT2D eigenvalue weighted by Gasteiger charge is -2.12. The summed E-state index contributed by atoms with van der Waals surface area (Å²) in [5.74, 6) is 0.224. The van der Waals surface area contributed by atoms with Crippen LogP contribution in [0.5, 0.6) is 0 Å². The van der Waals surface area contributed by atoms with Gasteiger partial charge in [-0.15, -0.1) is 0 Å². The highest BCUT2D eigenvalue weighted by Crippen LogP contribution is 2.39. The third kappa shape index (κ3) is 1.06. The molecule has 3 nitrogen and oxygen atoms in total. The predicted octanol–water partition coefficient (Wildman–Crippen LogP) is 1.69. The summed E-state index contributed by atoms with van der Waals surface area (Å²) in [5, 5.41) is 0. The molecule has 1 saturated carbocycles. The number of amides is 2. The van der Waals surface area contributed by atoms with E-state index in [1.165, 1.54) is 4.90 Å². The topological polar surface area (TPSA) is 37.4 Å². The number of hydrogen-bond donors (Lipinski definition) is 0. The summed E-state index contributed by atoms with van der Waals surface area (Å²) < 4.78 is 0. The molecule has 0 aromatic heterocycles. The van der Waals surface area contributed by atoms with Crippen LogP contribution in [0, 0.1) is 5.92 Å². The average Bonchev–Trinajstić information content (AvgIpc) is 2.89. The van der Waals surface area contributed by atoms with Crippen LogP contribution in [0.3, 0.4) is 0 Å². The van der Waals surface area contributed by atoms with Gasteiger partial charge in [0, 0.05) is 6.04 Å². The van der Waals surface area contributed by atoms with E-state index in [-0.39, 0.29) is 17.9 Å². The molecule has 1 fully saturated rings. The lowest BCUT2D eigenvalue weighted by Crippen LogP contribution is -2.32. The summed E-state index contributed by atoms with van der Waals surface area (Å²) in [5.41, 5.74) is 1.11. The minimum absolute atomic E-state index is 0.120. The number of rotatable bonds is 1. The van der Waals surface area contributed by atoms with E-state index in [2.05, 4.69) is 6.92 Å². The Balaban J connectivity index is 2.05. The third-order valence-corrected chi connectivity index (χ3v) is 3.22. The minimum Gasteiger partial charge on any atom is -0.271 e. The molecule has 0 radical (unpaired) electrons. The van der Waals surface area contributed by atoms with Gasteiger partial charge in [0.15, 0.2) is 0 Å². The summed E-state index contributed by atoms with van der Waals surface area (Å²) in [6, 6.07) is 7.18. The van der Waals surface area contributed by atoms with Crippen LogP contribution in [-0.4, -0.2) is 22.8 Å². The Morgan fingerprint density at radius 2 is 1.60 bits per heavy atom. The van der Waals surface area contributed by atoms with Gasteiger partial charge >= 0.3 is 0 Å². The normalized spacial score (nSPS) is 28.2. The quantitative estimate of drug-likeness (QED) is 0.648. The van der Waals surface area contributed by atoms with Crippen molar-refractivity contribution < 1.29 is 9.59 Å². The Bertz CT molecular complexity index is 431. The largest absolute Gasteiger partial charge is 0.271 e. The van der Waals surface area contributed by atoms with Crippen molar-refractivity contribution in [1.82, 2.24) is 4.90 Å². The van der Waals surface area contributed by atoms with E-state index >= 15 is 0 Å². The van der Waals surface area contributed by atoms with Gasteiger partial charge in [-0.2, -0.15) is 0 Å². The van der Waals surface area contributed by atoms with Crippen molar-refractivity contribution in [3.05, 3.63) is 35.4 Å². The van der Waals surface area contributed by atoms with Crippen LogP contribution in [0.1, 0.15) is 34.1 Å². The highest BCUT2D eigenvalue weighted by Gasteiger charge is 2.48. The van der Waals surface area contributed by atoms with Gasteiger partial charge in [-0.25, -0.2) is 0 Å². The van der Waals surface area contributed by atoms with Crippen LogP contribution in [0.15, 0.2) is 24.3 Å². The maximum absolute atomic E-state index is 11.9. The Hall–Kier alpha value is -1.64. The van der Waals surface area contributed by atoms with Crippen molar-refractivity contribution in [2.24, 2.45) is 5.92 Å². The predicted molar refractivity (Wildman–Crippen MR) is 54.5 cm³/mol. The number of imide groups is 1. The van der Waals surface area contributed by atoms with Crippen molar-refractivity contribution >= 4 is 11.8 Å². The van der Waals surface area contributed by atoms with Crippen molar-refractivity contribution in [2.45, 2.75) is 19.4 Å². The first-order valence-electron chi connectivity index (χ1n) is 5.17. The zero-order valence-electron chi connectivity index (χ0n) is 8.43. The first-order chi connectivity index (χ1) is 7.20. The van der Waals surface area contributed by atoms with Crippen LogP contribution in [0.25, 0.3) is 0 Å². The standard InChI is InChI=1S/C12H11NO2/c1-7-6-10(7)13-11(14)8-4-2-3-5-9(8)12(13)15/h2-5,7,10H,6H2,1H3. The molecule has 0 saturated heterocycles. The number of nitrogens with zero attached hydrogens (tertiary/aromatic N) is 1. The molecule has 1 aliphatic carbocycles. The molecule has 2 unspecified atom stereocenters. The summed E-state index contributed by atoms with van der Waals surface area (Å²) in [7, 11) is 0. The highest BCUT2D eigenvalue weighted by atomic mass is 16.2. The van der Waals surface area contributed by atoms with Crippen molar-refractivity contribution in [2.75, 3.05) is 0 Å². The van der Waals surface area contributed by atoms with Gasteiger partial charge in [-0.05, 0) is 24.5 Å². The van der Waals surface area contributed by atoms with E-state index in [1.54, 1.807) is 24.3 Å². The Labute approximate surface area is 87.7 Å². The van der Waals surface area contributed by atoms with Crippen molar-refractivity contribution in [3.8, 4) is 0 Å². The molecule has 1 aromatic rings. The number of carbonyl (C=O) groups excluding carboxylic acids is 2. The second kappa shape index (κ2) is 2.69. The molecule has 2 aliphatic rings. The maximum Gasteiger partial charge on any atom is 0.261 e. The highest BCUT2D eigenvalue weighted by molar-refractivity contribution is 6.21.